The van der Waals surface area contributed by atoms with Crippen molar-refractivity contribution in [1.82, 2.24) is 49.6 Å². The van der Waals surface area contributed by atoms with E-state index in [1.165, 1.54) is 6.92 Å². The molecule has 6 aromatic rings. The number of H-pyrrole nitrogens is 2. The van der Waals surface area contributed by atoms with Crippen molar-refractivity contribution in [3.8, 4) is 0 Å². The summed E-state index contributed by atoms with van der Waals surface area (Å²) in [7, 11) is 0. The summed E-state index contributed by atoms with van der Waals surface area (Å²) in [5, 5.41) is 35.0. The van der Waals surface area contributed by atoms with E-state index in [2.05, 4.69) is 61.8 Å². The molecule has 4 aromatic heterocycles. The third-order valence-electron chi connectivity index (χ3n) is 8.04. The smallest absolute Gasteiger partial charge is 0.308 e. The lowest BCUT2D eigenvalue weighted by Gasteiger charge is -2.18. The number of carbonyl (C=O) groups excluding carboxylic acids is 4. The van der Waals surface area contributed by atoms with Crippen LogP contribution in [0.2, 0.25) is 10.0 Å². The Bertz CT molecular complexity index is 2340. The fourth-order valence-electron chi connectivity index (χ4n) is 5.24. The number of urea groups is 2. The molecule has 0 radical (unpaired) electrons. The van der Waals surface area contributed by atoms with Gasteiger partial charge in [0, 0.05) is 27.8 Å². The van der Waals surface area contributed by atoms with Gasteiger partial charge in [-0.3, -0.25) is 39.8 Å². The van der Waals surface area contributed by atoms with Gasteiger partial charge in [0.2, 0.25) is 0 Å². The second kappa shape index (κ2) is 16.0. The summed E-state index contributed by atoms with van der Waals surface area (Å²) >= 11 is 11.8. The molecule has 278 valence electrons. The number of hydrogen-bond donors (Lipinski definition) is 6. The summed E-state index contributed by atoms with van der Waals surface area (Å²) in [6, 6.07) is 11.0. The Hall–Kier alpha value is -6.54. The number of hydrogen-bond acceptors (Lipinski definition) is 12. The third-order valence-corrected chi connectivity index (χ3v) is 8.54. The number of unbranched alkanes of at least 4 members (excludes halogenated alkanes) is 2. The first-order chi connectivity index (χ1) is 25.9. The Morgan fingerprint density at radius 1 is 0.685 bits per heavy atom. The van der Waals surface area contributed by atoms with E-state index in [0.29, 0.717) is 27.8 Å². The lowest BCUT2D eigenvalue weighted by Crippen LogP contribution is -2.37. The van der Waals surface area contributed by atoms with Crippen molar-refractivity contribution in [3.63, 3.8) is 0 Å². The number of aromatic nitrogens is 10. The molecular weight excluding hydrogens is 747 g/mol. The van der Waals surface area contributed by atoms with Gasteiger partial charge < -0.3 is 10.6 Å². The fraction of sp³-hybridized carbons (Fsp3) is 0.250. The van der Waals surface area contributed by atoms with Crippen molar-refractivity contribution in [2.45, 2.75) is 45.4 Å². The van der Waals surface area contributed by atoms with Crippen molar-refractivity contribution in [1.29, 1.82) is 0 Å². The Morgan fingerprint density at radius 3 is 1.56 bits per heavy atom. The van der Waals surface area contributed by atoms with Crippen LogP contribution in [0.15, 0.2) is 58.1 Å². The average molecular weight is 778 g/mol. The second-order valence-corrected chi connectivity index (χ2v) is 12.7. The van der Waals surface area contributed by atoms with Crippen LogP contribution >= 0.6 is 23.2 Å². The van der Waals surface area contributed by atoms with E-state index < -0.39 is 58.0 Å². The lowest BCUT2D eigenvalue weighted by molar-refractivity contribution is -0.132. The Kier molecular flexibility index (Phi) is 11.0. The Morgan fingerprint density at radius 2 is 1.13 bits per heavy atom. The van der Waals surface area contributed by atoms with Crippen molar-refractivity contribution in [2.75, 3.05) is 21.3 Å². The molecule has 0 aliphatic carbocycles. The van der Waals surface area contributed by atoms with Gasteiger partial charge in [0.1, 0.15) is 23.1 Å². The summed E-state index contributed by atoms with van der Waals surface area (Å²) in [5.74, 6) is -5.50. The molecule has 6 rings (SSSR count). The van der Waals surface area contributed by atoms with Gasteiger partial charge in [-0.2, -0.15) is 19.2 Å². The average Bonchev–Trinajstić information content (AvgIpc) is 3.71. The zero-order chi connectivity index (χ0) is 38.5. The minimum atomic E-state index is -1.87. The molecule has 22 heteroatoms. The number of nitrogens with zero attached hydrogens (tertiary/aromatic N) is 8. The van der Waals surface area contributed by atoms with Crippen LogP contribution in [0.1, 0.15) is 56.8 Å². The van der Waals surface area contributed by atoms with Crippen LogP contribution in [-0.2, 0) is 9.59 Å². The normalized spacial score (nSPS) is 11.8. The number of Topliss-reactive ketones (excluding diaryl/α,β-unsaturated/α-hetero) is 2. The maximum atomic E-state index is 14.3. The van der Waals surface area contributed by atoms with E-state index in [4.69, 9.17) is 23.2 Å². The number of halogens is 2. The van der Waals surface area contributed by atoms with E-state index in [1.807, 2.05) is 6.92 Å². The molecule has 0 saturated carbocycles. The minimum absolute atomic E-state index is 0.0730. The van der Waals surface area contributed by atoms with Gasteiger partial charge in [-0.05, 0) is 61.9 Å². The molecule has 0 unspecified atom stereocenters. The molecule has 2 aromatic carbocycles. The predicted octanol–water partition coefficient (Wildman–Crippen LogP) is 4.02. The zero-order valence-electron chi connectivity index (χ0n) is 28.4. The van der Waals surface area contributed by atoms with E-state index in [1.54, 1.807) is 48.5 Å². The standard InChI is InChI=1S/C32H30Cl2N14O6/c1-3-4-5-6-20(49)15(2)24(50)21(22-25(51)37-27-41-43-29(47(27)45-22)39-31(53)35-18-11-7-16(33)8-12-18)23-26(52)38-28-42-44-30(48(28)46-23)40-32(54)36-19-13-9-17(34)10-14-19/h7-15,21H,3-6H2,1-2H3,(H,37,41,51)(H,38,42,52)(H2,35,39,43,53)(H2,36,40,44,54)/t15-/m0/s1. The zero-order valence-corrected chi connectivity index (χ0v) is 29.9. The van der Waals surface area contributed by atoms with Gasteiger partial charge >= 0.3 is 12.1 Å². The first-order valence-corrected chi connectivity index (χ1v) is 17.1. The topological polar surface area (TPSA) is 268 Å². The monoisotopic (exact) mass is 776 g/mol. The third kappa shape index (κ3) is 8.24. The molecule has 0 aliphatic rings. The molecular formula is C32H30Cl2N14O6. The summed E-state index contributed by atoms with van der Waals surface area (Å²) in [4.78, 5) is 85.2. The first-order valence-electron chi connectivity index (χ1n) is 16.4. The SMILES string of the molecule is CCCCCC(=O)[C@H](C)C(=O)C(c1nn2c(NC(=O)Nc3ccc(Cl)cc3)nnc2[nH]c1=O)c1nn2c(NC(=O)Nc3ccc(Cl)cc3)nnc2[nH]c1=O. The van der Waals surface area contributed by atoms with E-state index in [9.17, 15) is 28.8 Å². The van der Waals surface area contributed by atoms with E-state index in [0.717, 1.165) is 21.9 Å². The number of anilines is 4. The molecule has 0 fully saturated rings. The maximum Gasteiger partial charge on any atom is 0.326 e. The number of fused-ring (bicyclic) bond motifs is 2. The summed E-state index contributed by atoms with van der Waals surface area (Å²) in [6.45, 7) is 3.32. The Balaban J connectivity index is 1.39. The number of rotatable bonds is 13. The van der Waals surface area contributed by atoms with Crippen LogP contribution in [0.5, 0.6) is 0 Å². The van der Waals surface area contributed by atoms with Crippen LogP contribution < -0.4 is 32.4 Å². The highest BCUT2D eigenvalue weighted by atomic mass is 35.5. The number of carbonyl (C=O) groups is 4. The van der Waals surface area contributed by atoms with Gasteiger partial charge in [0.05, 0.1) is 5.92 Å². The van der Waals surface area contributed by atoms with Crippen LogP contribution in [0, 0.1) is 5.92 Å². The fourth-order valence-corrected chi connectivity index (χ4v) is 5.50. The molecule has 4 amide bonds. The van der Waals surface area contributed by atoms with Gasteiger partial charge in [-0.1, -0.05) is 43.0 Å². The molecule has 4 heterocycles. The summed E-state index contributed by atoms with van der Waals surface area (Å²) in [6.07, 6.45) is 2.17. The van der Waals surface area contributed by atoms with E-state index >= 15 is 0 Å². The van der Waals surface area contributed by atoms with Gasteiger partial charge in [0.15, 0.2) is 5.78 Å². The Labute approximate surface area is 313 Å². The van der Waals surface area contributed by atoms with Crippen molar-refractivity contribution >= 4 is 81.7 Å². The van der Waals surface area contributed by atoms with Crippen molar-refractivity contribution in [3.05, 3.63) is 90.7 Å². The molecule has 20 nitrogen and oxygen atoms in total. The number of amides is 4. The van der Waals surface area contributed by atoms with Crippen LogP contribution in [0.3, 0.4) is 0 Å². The van der Waals surface area contributed by atoms with Crippen LogP contribution in [0.25, 0.3) is 11.6 Å². The molecule has 54 heavy (non-hydrogen) atoms. The predicted molar refractivity (Wildman–Crippen MR) is 196 cm³/mol. The summed E-state index contributed by atoms with van der Waals surface area (Å²) < 4.78 is 1.87. The van der Waals surface area contributed by atoms with E-state index in [-0.39, 0.29) is 29.9 Å². The van der Waals surface area contributed by atoms with Gasteiger partial charge in [-0.15, -0.1) is 20.4 Å². The van der Waals surface area contributed by atoms with Gasteiger partial charge in [0.25, 0.3) is 34.6 Å². The lowest BCUT2D eigenvalue weighted by atomic mass is 9.85. The number of benzene rings is 2. The second-order valence-electron chi connectivity index (χ2n) is 11.8. The van der Waals surface area contributed by atoms with Gasteiger partial charge in [-0.25, -0.2) is 9.59 Å². The minimum Gasteiger partial charge on any atom is -0.308 e. The largest absolute Gasteiger partial charge is 0.326 e. The number of aromatic amines is 2. The highest BCUT2D eigenvalue weighted by molar-refractivity contribution is 6.31. The highest BCUT2D eigenvalue weighted by Crippen LogP contribution is 2.24. The molecule has 0 saturated heterocycles. The maximum absolute atomic E-state index is 14.3. The molecule has 0 bridgehead atoms. The first kappa shape index (κ1) is 37.2. The number of nitrogens with one attached hydrogen (secondary N) is 6. The quantitative estimate of drug-likeness (QED) is 0.0717. The molecule has 0 aliphatic heterocycles. The number of ketones is 2. The molecule has 0 spiro atoms. The van der Waals surface area contributed by atoms with Crippen molar-refractivity contribution in [2.24, 2.45) is 5.92 Å². The highest BCUT2D eigenvalue weighted by Gasteiger charge is 2.38. The van der Waals surface area contributed by atoms with Crippen LogP contribution in [-0.4, -0.2) is 73.2 Å². The summed E-state index contributed by atoms with van der Waals surface area (Å²) in [5.41, 5.74) is -2.32. The molecule has 1 atom stereocenters. The van der Waals surface area contributed by atoms with Crippen LogP contribution in [0.4, 0.5) is 32.9 Å². The van der Waals surface area contributed by atoms with Crippen molar-refractivity contribution < 1.29 is 19.2 Å². The molecule has 6 N–H and O–H groups in total.